The number of benzene rings is 2. The Labute approximate surface area is 198 Å². The van der Waals surface area contributed by atoms with E-state index >= 15 is 0 Å². The lowest BCUT2D eigenvalue weighted by atomic mass is 10.1. The van der Waals surface area contributed by atoms with Crippen LogP contribution in [0.15, 0.2) is 72.1 Å². The summed E-state index contributed by atoms with van der Waals surface area (Å²) in [6.07, 6.45) is 0. The van der Waals surface area contributed by atoms with Gasteiger partial charge in [-0.2, -0.15) is 5.10 Å². The van der Waals surface area contributed by atoms with Crippen LogP contribution in [0.2, 0.25) is 0 Å². The average molecular weight is 462 g/mol. The van der Waals surface area contributed by atoms with Crippen molar-refractivity contribution in [1.82, 2.24) is 14.7 Å². The number of carbonyl (C=O) groups excluding carboxylic acids is 1. The van der Waals surface area contributed by atoms with Gasteiger partial charge in [0.25, 0.3) is 5.91 Å². The number of aryl methyl sites for hydroxylation is 2. The maximum atomic E-state index is 13.3. The van der Waals surface area contributed by atoms with Gasteiger partial charge in [-0.25, -0.2) is 4.68 Å². The molecule has 1 amide bonds. The van der Waals surface area contributed by atoms with Crippen LogP contribution in [0.5, 0.6) is 11.6 Å². The molecule has 170 valence electrons. The monoisotopic (exact) mass is 461 g/mol. The van der Waals surface area contributed by atoms with Gasteiger partial charge in [-0.1, -0.05) is 48.5 Å². The summed E-state index contributed by atoms with van der Waals surface area (Å²) in [5, 5.41) is 6.69. The molecule has 0 aliphatic rings. The van der Waals surface area contributed by atoms with E-state index in [2.05, 4.69) is 0 Å². The first-order valence-electron chi connectivity index (χ1n) is 10.7. The Hall–Kier alpha value is -3.42. The van der Waals surface area contributed by atoms with E-state index in [1.165, 1.54) is 11.3 Å². The molecule has 0 N–H and O–H groups in total. The second kappa shape index (κ2) is 10.5. The maximum absolute atomic E-state index is 13.3. The van der Waals surface area contributed by atoms with Crippen molar-refractivity contribution in [2.75, 3.05) is 20.3 Å². The number of carbonyl (C=O) groups is 1. The molecule has 0 atom stereocenters. The third kappa shape index (κ3) is 5.32. The van der Waals surface area contributed by atoms with Crippen molar-refractivity contribution in [3.8, 4) is 22.9 Å². The fourth-order valence-electron chi connectivity index (χ4n) is 3.64. The molecule has 2 aromatic carbocycles. The number of ether oxygens (including phenoxy) is 2. The lowest BCUT2D eigenvalue weighted by molar-refractivity contribution is 0.0684. The Kier molecular flexibility index (Phi) is 7.22. The van der Waals surface area contributed by atoms with E-state index in [-0.39, 0.29) is 5.91 Å². The highest BCUT2D eigenvalue weighted by Crippen LogP contribution is 2.34. The molecular weight excluding hydrogens is 434 g/mol. The van der Waals surface area contributed by atoms with Gasteiger partial charge in [0.05, 0.1) is 23.6 Å². The van der Waals surface area contributed by atoms with Crippen molar-refractivity contribution in [2.24, 2.45) is 7.05 Å². The quantitative estimate of drug-likeness (QED) is 0.328. The first kappa shape index (κ1) is 22.8. The minimum absolute atomic E-state index is 0.0357. The number of rotatable bonds is 9. The highest BCUT2D eigenvalue weighted by atomic mass is 32.1. The Bertz CT molecular complexity index is 1200. The van der Waals surface area contributed by atoms with Crippen LogP contribution >= 0.6 is 11.3 Å². The summed E-state index contributed by atoms with van der Waals surface area (Å²) in [4.78, 5) is 15.8. The number of methoxy groups -OCH3 is 1. The molecule has 6 nitrogen and oxygen atoms in total. The fourth-order valence-corrected chi connectivity index (χ4v) is 4.33. The number of nitrogens with zero attached hydrogens (tertiary/aromatic N) is 3. The second-order valence-electron chi connectivity index (χ2n) is 7.74. The zero-order valence-corrected chi connectivity index (χ0v) is 19.8. The number of thiophene rings is 1. The smallest absolute Gasteiger partial charge is 0.264 e. The topological polar surface area (TPSA) is 56.6 Å². The van der Waals surface area contributed by atoms with Crippen molar-refractivity contribution < 1.29 is 14.3 Å². The van der Waals surface area contributed by atoms with Crippen LogP contribution in [-0.4, -0.2) is 40.8 Å². The standard InChI is InChI=1S/C26H27N3O3S/c1-19-9-7-12-21(17-19)32-26-22(24(27-28(26)2)20-10-5-4-6-11-20)18-29(14-15-31-3)25(30)23-13-8-16-33-23/h4-13,16-17H,14-15,18H2,1-3H3. The number of hydrogen-bond donors (Lipinski definition) is 0. The van der Waals surface area contributed by atoms with Gasteiger partial charge in [-0.05, 0) is 36.1 Å². The highest BCUT2D eigenvalue weighted by molar-refractivity contribution is 7.12. The predicted octanol–water partition coefficient (Wildman–Crippen LogP) is 5.54. The molecule has 0 aliphatic carbocycles. The SMILES string of the molecule is COCCN(Cc1c(-c2ccccc2)nn(C)c1Oc1cccc(C)c1)C(=O)c1cccs1. The number of hydrogen-bond acceptors (Lipinski definition) is 5. The number of aromatic nitrogens is 2. The second-order valence-corrected chi connectivity index (χ2v) is 8.69. The van der Waals surface area contributed by atoms with Gasteiger partial charge < -0.3 is 14.4 Å². The van der Waals surface area contributed by atoms with E-state index in [4.69, 9.17) is 14.6 Å². The molecule has 0 saturated heterocycles. The van der Waals surface area contributed by atoms with Crippen LogP contribution in [0, 0.1) is 6.92 Å². The Morgan fingerprint density at radius 1 is 1.09 bits per heavy atom. The summed E-state index contributed by atoms with van der Waals surface area (Å²) in [6, 6.07) is 21.6. The first-order valence-corrected chi connectivity index (χ1v) is 11.6. The minimum Gasteiger partial charge on any atom is -0.439 e. The normalized spacial score (nSPS) is 10.9. The molecule has 4 rings (SSSR count). The molecule has 2 heterocycles. The molecule has 0 aliphatic heterocycles. The molecule has 0 unspecified atom stereocenters. The maximum Gasteiger partial charge on any atom is 0.264 e. The van der Waals surface area contributed by atoms with Crippen LogP contribution < -0.4 is 4.74 Å². The molecule has 0 radical (unpaired) electrons. The lowest BCUT2D eigenvalue weighted by Crippen LogP contribution is -2.33. The van der Waals surface area contributed by atoms with E-state index in [1.807, 2.05) is 86.1 Å². The van der Waals surface area contributed by atoms with E-state index in [9.17, 15) is 4.79 Å². The van der Waals surface area contributed by atoms with Crippen molar-refractivity contribution in [1.29, 1.82) is 0 Å². The molecule has 33 heavy (non-hydrogen) atoms. The van der Waals surface area contributed by atoms with Crippen molar-refractivity contribution in [3.05, 3.63) is 88.1 Å². The van der Waals surface area contributed by atoms with Crippen molar-refractivity contribution in [2.45, 2.75) is 13.5 Å². The Morgan fingerprint density at radius 2 is 1.91 bits per heavy atom. The molecule has 0 spiro atoms. The third-order valence-corrected chi connectivity index (χ3v) is 6.13. The summed E-state index contributed by atoms with van der Waals surface area (Å²) >= 11 is 1.43. The zero-order chi connectivity index (χ0) is 23.2. The first-order chi connectivity index (χ1) is 16.1. The third-order valence-electron chi connectivity index (χ3n) is 5.27. The summed E-state index contributed by atoms with van der Waals surface area (Å²) in [6.45, 7) is 3.27. The zero-order valence-electron chi connectivity index (χ0n) is 19.0. The van der Waals surface area contributed by atoms with E-state index in [0.29, 0.717) is 30.5 Å². The van der Waals surface area contributed by atoms with Gasteiger partial charge in [0.1, 0.15) is 11.4 Å². The van der Waals surface area contributed by atoms with Crippen LogP contribution in [0.1, 0.15) is 20.8 Å². The van der Waals surface area contributed by atoms with Crippen LogP contribution in [-0.2, 0) is 18.3 Å². The lowest BCUT2D eigenvalue weighted by Gasteiger charge is -2.22. The van der Waals surface area contributed by atoms with Crippen LogP contribution in [0.3, 0.4) is 0 Å². The largest absolute Gasteiger partial charge is 0.439 e. The summed E-state index contributed by atoms with van der Waals surface area (Å²) < 4.78 is 13.4. The van der Waals surface area contributed by atoms with Gasteiger partial charge in [0.2, 0.25) is 5.88 Å². The van der Waals surface area contributed by atoms with E-state index in [1.54, 1.807) is 16.7 Å². The van der Waals surface area contributed by atoms with Gasteiger partial charge in [0.15, 0.2) is 0 Å². The molecule has 7 heteroatoms. The van der Waals surface area contributed by atoms with E-state index in [0.717, 1.165) is 28.1 Å². The fraction of sp³-hybridized carbons (Fsp3) is 0.231. The van der Waals surface area contributed by atoms with Crippen LogP contribution in [0.25, 0.3) is 11.3 Å². The Balaban J connectivity index is 1.76. The molecular formula is C26H27N3O3S. The minimum atomic E-state index is -0.0357. The highest BCUT2D eigenvalue weighted by Gasteiger charge is 2.25. The summed E-state index contributed by atoms with van der Waals surface area (Å²) in [7, 11) is 3.50. The van der Waals surface area contributed by atoms with Crippen molar-refractivity contribution in [3.63, 3.8) is 0 Å². The van der Waals surface area contributed by atoms with Crippen LogP contribution in [0.4, 0.5) is 0 Å². The van der Waals surface area contributed by atoms with Gasteiger partial charge in [0, 0.05) is 26.3 Å². The van der Waals surface area contributed by atoms with Gasteiger partial charge in [-0.3, -0.25) is 4.79 Å². The molecule has 0 fully saturated rings. The van der Waals surface area contributed by atoms with Crippen molar-refractivity contribution >= 4 is 17.2 Å². The Morgan fingerprint density at radius 3 is 2.61 bits per heavy atom. The predicted molar refractivity (Wildman–Crippen MR) is 131 cm³/mol. The van der Waals surface area contributed by atoms with Gasteiger partial charge in [-0.15, -0.1) is 11.3 Å². The molecule has 0 saturated carbocycles. The molecule has 2 aromatic heterocycles. The number of amides is 1. The van der Waals surface area contributed by atoms with Gasteiger partial charge >= 0.3 is 0 Å². The average Bonchev–Trinajstić information content (AvgIpc) is 3.46. The molecule has 4 aromatic rings. The summed E-state index contributed by atoms with van der Waals surface area (Å²) in [5.41, 5.74) is 3.72. The van der Waals surface area contributed by atoms with E-state index < -0.39 is 0 Å². The molecule has 0 bridgehead atoms. The summed E-state index contributed by atoms with van der Waals surface area (Å²) in [5.74, 6) is 1.30.